The lowest BCUT2D eigenvalue weighted by Crippen LogP contribution is -2.18. The molecule has 0 amide bonds. The minimum atomic E-state index is 0.664. The van der Waals surface area contributed by atoms with Crippen LogP contribution in [0, 0.1) is 6.92 Å². The van der Waals surface area contributed by atoms with Crippen molar-refractivity contribution in [3.63, 3.8) is 0 Å². The number of aromatic nitrogens is 4. The fourth-order valence-electron chi connectivity index (χ4n) is 3.18. The molecular formula is C20H21N5O2. The van der Waals surface area contributed by atoms with E-state index in [0.717, 1.165) is 51.3 Å². The first-order chi connectivity index (χ1) is 13.1. The molecule has 7 nitrogen and oxygen atoms in total. The fraction of sp³-hybridized carbons (Fsp3) is 0.250. The molecule has 0 fully saturated rings. The quantitative estimate of drug-likeness (QED) is 0.564. The molecule has 2 aromatic carbocycles. The number of fused-ring (bicyclic) bond motifs is 1. The van der Waals surface area contributed by atoms with Gasteiger partial charge in [0, 0.05) is 24.2 Å². The van der Waals surface area contributed by atoms with Crippen molar-refractivity contribution >= 4 is 10.8 Å². The lowest BCUT2D eigenvalue weighted by atomic mass is 10.0. The zero-order valence-corrected chi connectivity index (χ0v) is 15.6. The van der Waals surface area contributed by atoms with Crippen molar-refractivity contribution in [1.29, 1.82) is 0 Å². The summed E-state index contributed by atoms with van der Waals surface area (Å²) in [7, 11) is 3.72. The predicted molar refractivity (Wildman–Crippen MR) is 102 cm³/mol. The Morgan fingerprint density at radius 1 is 1.07 bits per heavy atom. The van der Waals surface area contributed by atoms with Crippen LogP contribution in [-0.4, -0.2) is 39.6 Å². The molecule has 7 heteroatoms. The second-order valence-electron chi connectivity index (χ2n) is 6.67. The van der Waals surface area contributed by atoms with Crippen molar-refractivity contribution in [1.82, 2.24) is 25.4 Å². The first-order valence-electron chi connectivity index (χ1n) is 8.71. The van der Waals surface area contributed by atoms with Gasteiger partial charge in [0.1, 0.15) is 17.1 Å². The maximum Gasteiger partial charge on any atom is 0.122 e. The molecule has 0 radical (unpaired) electrons. The molecule has 27 heavy (non-hydrogen) atoms. The number of aryl methyl sites for hydroxylation is 1. The molecule has 0 saturated heterocycles. The molecule has 0 unspecified atom stereocenters. The van der Waals surface area contributed by atoms with Crippen LogP contribution in [-0.2, 0) is 13.1 Å². The minimum Gasteiger partial charge on any atom is -0.497 e. The number of benzene rings is 2. The van der Waals surface area contributed by atoms with E-state index in [1.807, 2.05) is 32.3 Å². The summed E-state index contributed by atoms with van der Waals surface area (Å²) in [6.45, 7) is 3.29. The van der Waals surface area contributed by atoms with Gasteiger partial charge in [-0.2, -0.15) is 5.10 Å². The highest BCUT2D eigenvalue weighted by Gasteiger charge is 2.13. The number of H-pyrrole nitrogens is 1. The van der Waals surface area contributed by atoms with Crippen LogP contribution >= 0.6 is 0 Å². The van der Waals surface area contributed by atoms with Crippen LogP contribution in [0.4, 0.5) is 0 Å². The molecule has 0 spiro atoms. The van der Waals surface area contributed by atoms with E-state index < -0.39 is 0 Å². The van der Waals surface area contributed by atoms with Gasteiger partial charge in [0.25, 0.3) is 0 Å². The summed E-state index contributed by atoms with van der Waals surface area (Å²) >= 11 is 0. The molecule has 0 saturated carbocycles. The van der Waals surface area contributed by atoms with Crippen LogP contribution in [0.5, 0.6) is 5.75 Å². The van der Waals surface area contributed by atoms with Crippen LogP contribution in [0.25, 0.3) is 22.0 Å². The maximum absolute atomic E-state index is 5.30. The Kier molecular flexibility index (Phi) is 4.60. The van der Waals surface area contributed by atoms with Crippen molar-refractivity contribution in [3.8, 4) is 17.0 Å². The third kappa shape index (κ3) is 3.54. The van der Waals surface area contributed by atoms with Crippen molar-refractivity contribution in [3.05, 3.63) is 59.5 Å². The smallest absolute Gasteiger partial charge is 0.122 e. The van der Waals surface area contributed by atoms with Gasteiger partial charge in [-0.1, -0.05) is 28.5 Å². The molecule has 0 aliphatic rings. The number of hydrogen-bond acceptors (Lipinski definition) is 6. The summed E-state index contributed by atoms with van der Waals surface area (Å²) in [5.74, 6) is 0.858. The van der Waals surface area contributed by atoms with Crippen molar-refractivity contribution < 1.29 is 9.37 Å². The van der Waals surface area contributed by atoms with Gasteiger partial charge in [0.2, 0.25) is 0 Å². The van der Waals surface area contributed by atoms with Crippen LogP contribution in [0.3, 0.4) is 0 Å². The third-order valence-corrected chi connectivity index (χ3v) is 4.66. The molecule has 1 N–H and O–H groups in total. The normalized spacial score (nSPS) is 11.4. The van der Waals surface area contributed by atoms with Gasteiger partial charge >= 0.3 is 0 Å². The Hall–Kier alpha value is -3.19. The van der Waals surface area contributed by atoms with E-state index in [2.05, 4.69) is 49.7 Å². The van der Waals surface area contributed by atoms with E-state index in [1.54, 1.807) is 7.11 Å². The number of aromatic amines is 1. The van der Waals surface area contributed by atoms with Gasteiger partial charge in [0.05, 0.1) is 19.0 Å². The van der Waals surface area contributed by atoms with Crippen molar-refractivity contribution in [2.75, 3.05) is 14.2 Å². The standard InChI is InChI=1S/C20H21N5O2/c1-13-19(24-27-23-13)12-25(2)11-17-10-21-22-20(17)16-5-4-15-9-18(26-3)7-6-14(15)8-16/h4-10H,11-12H2,1-3H3,(H,21,22). The number of hydrogen-bond donors (Lipinski definition) is 1. The molecule has 2 heterocycles. The monoisotopic (exact) mass is 363 g/mol. The van der Waals surface area contributed by atoms with E-state index in [0.29, 0.717) is 6.54 Å². The first kappa shape index (κ1) is 17.2. The van der Waals surface area contributed by atoms with E-state index >= 15 is 0 Å². The Bertz CT molecular complexity index is 1070. The average molecular weight is 363 g/mol. The van der Waals surface area contributed by atoms with Gasteiger partial charge in [-0.15, -0.1) is 0 Å². The Morgan fingerprint density at radius 3 is 2.67 bits per heavy atom. The highest BCUT2D eigenvalue weighted by Crippen LogP contribution is 2.28. The van der Waals surface area contributed by atoms with Crippen LogP contribution in [0.1, 0.15) is 17.0 Å². The SMILES string of the molecule is COc1ccc2cc(-c3[nH]ncc3CN(C)Cc3nonc3C)ccc2c1. The second kappa shape index (κ2) is 7.20. The number of rotatable bonds is 6. The Labute approximate surface area is 156 Å². The fourth-order valence-corrected chi connectivity index (χ4v) is 3.18. The summed E-state index contributed by atoms with van der Waals surface area (Å²) in [6, 6.07) is 12.4. The number of ether oxygens (including phenoxy) is 1. The maximum atomic E-state index is 5.30. The van der Waals surface area contributed by atoms with Crippen LogP contribution in [0.2, 0.25) is 0 Å². The summed E-state index contributed by atoms with van der Waals surface area (Å²) in [4.78, 5) is 2.16. The average Bonchev–Trinajstić information content (AvgIpc) is 3.30. The largest absolute Gasteiger partial charge is 0.497 e. The Balaban J connectivity index is 1.57. The summed E-state index contributed by atoms with van der Waals surface area (Å²) in [5, 5.41) is 17.5. The molecule has 4 aromatic rings. The second-order valence-corrected chi connectivity index (χ2v) is 6.67. The van der Waals surface area contributed by atoms with Gasteiger partial charge < -0.3 is 4.74 Å². The van der Waals surface area contributed by atoms with Gasteiger partial charge in [0.15, 0.2) is 0 Å². The van der Waals surface area contributed by atoms with E-state index in [9.17, 15) is 0 Å². The highest BCUT2D eigenvalue weighted by atomic mass is 16.6. The predicted octanol–water partition coefficient (Wildman–Crippen LogP) is 3.56. The lowest BCUT2D eigenvalue weighted by molar-refractivity contribution is 0.279. The topological polar surface area (TPSA) is 80.1 Å². The van der Waals surface area contributed by atoms with E-state index in [-0.39, 0.29) is 0 Å². The molecule has 0 aliphatic heterocycles. The molecule has 4 rings (SSSR count). The van der Waals surface area contributed by atoms with Gasteiger partial charge in [-0.05, 0) is 42.9 Å². The number of methoxy groups -OCH3 is 1. The highest BCUT2D eigenvalue weighted by molar-refractivity contribution is 5.88. The number of nitrogens with one attached hydrogen (secondary N) is 1. The van der Waals surface area contributed by atoms with Crippen LogP contribution in [0.15, 0.2) is 47.2 Å². The van der Waals surface area contributed by atoms with Gasteiger partial charge in [-0.3, -0.25) is 10.00 Å². The zero-order valence-electron chi connectivity index (χ0n) is 15.6. The van der Waals surface area contributed by atoms with Crippen molar-refractivity contribution in [2.45, 2.75) is 20.0 Å². The first-order valence-corrected chi connectivity index (χ1v) is 8.71. The van der Waals surface area contributed by atoms with Crippen LogP contribution < -0.4 is 4.74 Å². The van der Waals surface area contributed by atoms with E-state index in [4.69, 9.17) is 9.37 Å². The zero-order chi connectivity index (χ0) is 18.8. The minimum absolute atomic E-state index is 0.664. The third-order valence-electron chi connectivity index (χ3n) is 4.66. The summed E-state index contributed by atoms with van der Waals surface area (Å²) < 4.78 is 10.1. The lowest BCUT2D eigenvalue weighted by Gasteiger charge is -2.15. The Morgan fingerprint density at radius 2 is 1.89 bits per heavy atom. The molecule has 138 valence electrons. The molecule has 2 aromatic heterocycles. The van der Waals surface area contributed by atoms with Gasteiger partial charge in [-0.25, -0.2) is 4.63 Å². The molecular weight excluding hydrogens is 342 g/mol. The summed E-state index contributed by atoms with van der Waals surface area (Å²) in [5.41, 5.74) is 4.92. The van der Waals surface area contributed by atoms with E-state index in [1.165, 1.54) is 0 Å². The van der Waals surface area contributed by atoms with Crippen molar-refractivity contribution in [2.24, 2.45) is 0 Å². The molecule has 0 atom stereocenters. The molecule has 0 aliphatic carbocycles. The number of nitrogens with zero attached hydrogens (tertiary/aromatic N) is 4. The molecule has 0 bridgehead atoms. The summed E-state index contributed by atoms with van der Waals surface area (Å²) in [6.07, 6.45) is 1.87.